The summed E-state index contributed by atoms with van der Waals surface area (Å²) < 4.78 is 0. The fraction of sp³-hybridized carbons (Fsp3) is 0.100. The van der Waals surface area contributed by atoms with Crippen LogP contribution in [-0.4, -0.2) is 11.0 Å². The van der Waals surface area contributed by atoms with E-state index in [2.05, 4.69) is 10.6 Å². The first-order valence-corrected chi connectivity index (χ1v) is 8.13. The second kappa shape index (κ2) is 6.81. The number of para-hydroxylation sites is 1. The van der Waals surface area contributed by atoms with Crippen molar-refractivity contribution in [3.8, 4) is 0 Å². The van der Waals surface area contributed by atoms with Crippen LogP contribution in [0, 0.1) is 13.8 Å². The topological polar surface area (TPSA) is 41.1 Å². The Morgan fingerprint density at radius 2 is 1.50 bits per heavy atom. The minimum absolute atomic E-state index is 0.212. The first kappa shape index (κ1) is 16.1. The number of amides is 1. The minimum atomic E-state index is -0.212. The predicted octanol–water partition coefficient (Wildman–Crippen LogP) is 4.58. The van der Waals surface area contributed by atoms with Crippen LogP contribution in [0.15, 0.2) is 60.7 Å². The molecule has 0 aliphatic heterocycles. The Morgan fingerprint density at radius 3 is 2.25 bits per heavy atom. The van der Waals surface area contributed by atoms with Crippen molar-refractivity contribution < 1.29 is 4.79 Å². The fourth-order valence-electron chi connectivity index (χ4n) is 2.75. The van der Waals surface area contributed by atoms with Crippen LogP contribution < -0.4 is 10.6 Å². The maximum Gasteiger partial charge on any atom is 0.258 e. The summed E-state index contributed by atoms with van der Waals surface area (Å²) in [6, 6.07) is 19.5. The summed E-state index contributed by atoms with van der Waals surface area (Å²) in [7, 11) is 0. The normalized spacial score (nSPS) is 10.4. The van der Waals surface area contributed by atoms with Crippen molar-refractivity contribution in [2.75, 3.05) is 5.32 Å². The summed E-state index contributed by atoms with van der Waals surface area (Å²) in [5.41, 5.74) is 3.70. The van der Waals surface area contributed by atoms with E-state index in [0.29, 0.717) is 10.7 Å². The van der Waals surface area contributed by atoms with Gasteiger partial charge in [0, 0.05) is 11.3 Å². The molecule has 0 unspecified atom stereocenters. The highest BCUT2D eigenvalue weighted by atomic mass is 32.1. The lowest BCUT2D eigenvalue weighted by Crippen LogP contribution is -2.34. The molecule has 2 N–H and O–H groups in total. The number of benzene rings is 3. The number of anilines is 1. The van der Waals surface area contributed by atoms with Gasteiger partial charge >= 0.3 is 0 Å². The quantitative estimate of drug-likeness (QED) is 0.674. The lowest BCUT2D eigenvalue weighted by atomic mass is 10.0. The highest BCUT2D eigenvalue weighted by molar-refractivity contribution is 7.80. The van der Waals surface area contributed by atoms with E-state index in [9.17, 15) is 4.79 Å². The Hall–Kier alpha value is -2.72. The van der Waals surface area contributed by atoms with E-state index in [1.165, 1.54) is 0 Å². The third kappa shape index (κ3) is 3.29. The van der Waals surface area contributed by atoms with Gasteiger partial charge in [-0.05, 0) is 54.0 Å². The Kier molecular flexibility index (Phi) is 4.58. The molecule has 3 rings (SSSR count). The number of carbonyl (C=O) groups excluding carboxylic acids is 1. The van der Waals surface area contributed by atoms with Gasteiger partial charge in [0.1, 0.15) is 0 Å². The van der Waals surface area contributed by atoms with Crippen LogP contribution in [0.5, 0.6) is 0 Å². The monoisotopic (exact) mass is 334 g/mol. The van der Waals surface area contributed by atoms with Gasteiger partial charge in [0.05, 0.1) is 0 Å². The van der Waals surface area contributed by atoms with Gasteiger partial charge in [-0.25, -0.2) is 0 Å². The van der Waals surface area contributed by atoms with E-state index in [1.807, 2.05) is 68.4 Å². The van der Waals surface area contributed by atoms with Crippen LogP contribution in [0.25, 0.3) is 10.8 Å². The highest BCUT2D eigenvalue weighted by Crippen LogP contribution is 2.20. The van der Waals surface area contributed by atoms with E-state index in [4.69, 9.17) is 12.2 Å². The third-order valence-corrected chi connectivity index (χ3v) is 4.19. The van der Waals surface area contributed by atoms with E-state index in [1.54, 1.807) is 6.07 Å². The number of hydrogen-bond acceptors (Lipinski definition) is 2. The molecule has 3 aromatic carbocycles. The van der Waals surface area contributed by atoms with Crippen LogP contribution in [0.4, 0.5) is 5.69 Å². The zero-order valence-electron chi connectivity index (χ0n) is 13.6. The lowest BCUT2D eigenvalue weighted by Gasteiger charge is -2.14. The molecule has 0 saturated carbocycles. The van der Waals surface area contributed by atoms with Gasteiger partial charge in [-0.2, -0.15) is 0 Å². The van der Waals surface area contributed by atoms with E-state index < -0.39 is 0 Å². The average molecular weight is 334 g/mol. The van der Waals surface area contributed by atoms with Gasteiger partial charge < -0.3 is 5.32 Å². The van der Waals surface area contributed by atoms with Crippen molar-refractivity contribution in [3.63, 3.8) is 0 Å². The highest BCUT2D eigenvalue weighted by Gasteiger charge is 2.12. The summed E-state index contributed by atoms with van der Waals surface area (Å²) in [5, 5.41) is 8.13. The molecule has 3 nitrogen and oxygen atoms in total. The number of fused-ring (bicyclic) bond motifs is 1. The first-order chi connectivity index (χ1) is 11.6. The van der Waals surface area contributed by atoms with Crippen molar-refractivity contribution in [1.82, 2.24) is 5.32 Å². The molecule has 120 valence electrons. The Labute approximate surface area is 146 Å². The summed E-state index contributed by atoms with van der Waals surface area (Å²) in [6.45, 7) is 4.01. The number of thiocarbonyl (C=S) groups is 1. The molecule has 24 heavy (non-hydrogen) atoms. The smallest absolute Gasteiger partial charge is 0.258 e. The van der Waals surface area contributed by atoms with Gasteiger partial charge in [0.2, 0.25) is 0 Å². The molecule has 0 bridgehead atoms. The summed E-state index contributed by atoms with van der Waals surface area (Å²) in [5.74, 6) is -0.212. The van der Waals surface area contributed by atoms with Crippen molar-refractivity contribution in [3.05, 3.63) is 77.4 Å². The summed E-state index contributed by atoms with van der Waals surface area (Å²) in [6.07, 6.45) is 0. The SMILES string of the molecule is Cc1cccc(C)c1NC(=S)NC(=O)c1cccc2ccccc12. The molecule has 0 saturated heterocycles. The van der Waals surface area contributed by atoms with Gasteiger partial charge in [-0.1, -0.05) is 54.6 Å². The van der Waals surface area contributed by atoms with Crippen LogP contribution in [-0.2, 0) is 0 Å². The molecule has 4 heteroatoms. The second-order valence-corrected chi connectivity index (χ2v) is 6.11. The summed E-state index contributed by atoms with van der Waals surface area (Å²) in [4.78, 5) is 12.6. The van der Waals surface area contributed by atoms with Crippen LogP contribution in [0.3, 0.4) is 0 Å². The Balaban J connectivity index is 1.80. The number of nitrogens with one attached hydrogen (secondary N) is 2. The maximum absolute atomic E-state index is 12.6. The second-order valence-electron chi connectivity index (χ2n) is 5.70. The van der Waals surface area contributed by atoms with Crippen molar-refractivity contribution in [2.45, 2.75) is 13.8 Å². The van der Waals surface area contributed by atoms with E-state index in [0.717, 1.165) is 27.6 Å². The molecule has 0 aromatic heterocycles. The average Bonchev–Trinajstić information content (AvgIpc) is 2.57. The molecule has 1 amide bonds. The Morgan fingerprint density at radius 1 is 0.875 bits per heavy atom. The van der Waals surface area contributed by atoms with Crippen molar-refractivity contribution >= 4 is 39.7 Å². The van der Waals surface area contributed by atoms with E-state index >= 15 is 0 Å². The number of carbonyl (C=O) groups is 1. The van der Waals surface area contributed by atoms with Gasteiger partial charge in [-0.15, -0.1) is 0 Å². The number of rotatable bonds is 2. The van der Waals surface area contributed by atoms with Crippen LogP contribution >= 0.6 is 12.2 Å². The minimum Gasteiger partial charge on any atom is -0.332 e. The molecular weight excluding hydrogens is 316 g/mol. The van der Waals surface area contributed by atoms with Crippen LogP contribution in [0.1, 0.15) is 21.5 Å². The standard InChI is InChI=1S/C20H18N2OS/c1-13-7-5-8-14(2)18(13)21-20(24)22-19(23)17-12-6-10-15-9-3-4-11-16(15)17/h3-12H,1-2H3,(H2,21,22,23,24). The maximum atomic E-state index is 12.6. The largest absolute Gasteiger partial charge is 0.332 e. The van der Waals surface area contributed by atoms with Gasteiger partial charge in [-0.3, -0.25) is 10.1 Å². The molecular formula is C20H18N2OS. The van der Waals surface area contributed by atoms with Gasteiger partial charge in [0.25, 0.3) is 5.91 Å². The zero-order chi connectivity index (χ0) is 17.1. The van der Waals surface area contributed by atoms with Crippen LogP contribution in [0.2, 0.25) is 0 Å². The number of hydrogen-bond donors (Lipinski definition) is 2. The van der Waals surface area contributed by atoms with Crippen molar-refractivity contribution in [2.24, 2.45) is 0 Å². The molecule has 0 heterocycles. The summed E-state index contributed by atoms with van der Waals surface area (Å²) >= 11 is 5.31. The molecule has 0 aliphatic carbocycles. The molecule has 0 aliphatic rings. The molecule has 0 atom stereocenters. The lowest BCUT2D eigenvalue weighted by molar-refractivity contribution is 0.0979. The molecule has 0 spiro atoms. The first-order valence-electron chi connectivity index (χ1n) is 7.72. The van der Waals surface area contributed by atoms with E-state index in [-0.39, 0.29) is 5.91 Å². The molecule has 3 aromatic rings. The third-order valence-electron chi connectivity index (χ3n) is 3.98. The fourth-order valence-corrected chi connectivity index (χ4v) is 2.95. The van der Waals surface area contributed by atoms with Crippen molar-refractivity contribution in [1.29, 1.82) is 0 Å². The predicted molar refractivity (Wildman–Crippen MR) is 104 cm³/mol. The Bertz CT molecular complexity index is 908. The zero-order valence-corrected chi connectivity index (χ0v) is 14.4. The molecule has 0 fully saturated rings. The molecule has 0 radical (unpaired) electrons. The van der Waals surface area contributed by atoms with Gasteiger partial charge in [0.15, 0.2) is 5.11 Å². The number of aryl methyl sites for hydroxylation is 2.